The van der Waals surface area contributed by atoms with Crippen LogP contribution in [0.3, 0.4) is 0 Å². The Labute approximate surface area is 164 Å². The number of hydrogen-bond donors (Lipinski definition) is 1. The normalized spacial score (nSPS) is 10.9. The summed E-state index contributed by atoms with van der Waals surface area (Å²) < 4.78 is 10.9. The molecule has 0 unspecified atom stereocenters. The van der Waals surface area contributed by atoms with Gasteiger partial charge in [0.1, 0.15) is 11.6 Å². The van der Waals surface area contributed by atoms with Crippen molar-refractivity contribution in [3.63, 3.8) is 0 Å². The maximum absolute atomic E-state index is 12.5. The summed E-state index contributed by atoms with van der Waals surface area (Å²) in [5.41, 5.74) is 2.04. The van der Waals surface area contributed by atoms with Gasteiger partial charge in [0.05, 0.1) is 13.7 Å². The second-order valence-corrected chi connectivity index (χ2v) is 6.28. The fourth-order valence-electron chi connectivity index (χ4n) is 2.34. The summed E-state index contributed by atoms with van der Waals surface area (Å²) in [7, 11) is 1.54. The van der Waals surface area contributed by atoms with Gasteiger partial charge in [-0.3, -0.25) is 4.79 Å². The van der Waals surface area contributed by atoms with E-state index >= 15 is 0 Å². The first-order chi connectivity index (χ1) is 13.0. The lowest BCUT2D eigenvalue weighted by Crippen LogP contribution is -2.14. The molecule has 0 heterocycles. The Hall–Kier alpha value is -2.97. The fraction of sp³-hybridized carbons (Fsp3) is 0.238. The van der Waals surface area contributed by atoms with Crippen molar-refractivity contribution in [3.8, 4) is 17.6 Å². The van der Waals surface area contributed by atoms with E-state index in [1.807, 2.05) is 19.9 Å². The Kier molecular flexibility index (Phi) is 7.27. The number of carbonyl (C=O) groups is 1. The molecule has 0 radical (unpaired) electrons. The van der Waals surface area contributed by atoms with E-state index in [0.29, 0.717) is 34.4 Å². The molecule has 6 heteroatoms. The van der Waals surface area contributed by atoms with Crippen LogP contribution >= 0.6 is 11.6 Å². The number of ether oxygens (including phenoxy) is 2. The first-order valence-electron chi connectivity index (χ1n) is 8.48. The average molecular weight is 385 g/mol. The lowest BCUT2D eigenvalue weighted by Gasteiger charge is -2.11. The summed E-state index contributed by atoms with van der Waals surface area (Å²) in [6.45, 7) is 4.45. The van der Waals surface area contributed by atoms with Gasteiger partial charge in [-0.05, 0) is 54.8 Å². The van der Waals surface area contributed by atoms with Crippen LogP contribution < -0.4 is 14.8 Å². The number of aryl methyl sites for hydroxylation is 1. The Morgan fingerprint density at radius 3 is 2.70 bits per heavy atom. The lowest BCUT2D eigenvalue weighted by atomic mass is 10.1. The van der Waals surface area contributed by atoms with E-state index < -0.39 is 5.91 Å². The number of nitrogens with one attached hydrogen (secondary N) is 1. The van der Waals surface area contributed by atoms with Gasteiger partial charge in [-0.2, -0.15) is 5.26 Å². The third-order valence-electron chi connectivity index (χ3n) is 3.77. The molecule has 0 aliphatic heterocycles. The molecule has 0 saturated carbocycles. The third kappa shape index (κ3) is 5.50. The number of amides is 1. The number of anilines is 1. The van der Waals surface area contributed by atoms with Crippen LogP contribution in [0.15, 0.2) is 42.0 Å². The van der Waals surface area contributed by atoms with Crippen molar-refractivity contribution in [2.24, 2.45) is 0 Å². The van der Waals surface area contributed by atoms with Crippen molar-refractivity contribution >= 4 is 29.3 Å². The number of methoxy groups -OCH3 is 1. The number of halogens is 1. The molecule has 0 fully saturated rings. The molecular weight excluding hydrogens is 364 g/mol. The maximum Gasteiger partial charge on any atom is 0.266 e. The van der Waals surface area contributed by atoms with Crippen LogP contribution in [-0.4, -0.2) is 19.6 Å². The van der Waals surface area contributed by atoms with Crippen molar-refractivity contribution in [3.05, 3.63) is 58.1 Å². The number of benzene rings is 2. The monoisotopic (exact) mass is 384 g/mol. The highest BCUT2D eigenvalue weighted by Gasteiger charge is 2.12. The van der Waals surface area contributed by atoms with Crippen molar-refractivity contribution in [2.75, 3.05) is 19.0 Å². The Balaban J connectivity index is 2.25. The van der Waals surface area contributed by atoms with Gasteiger partial charge in [-0.1, -0.05) is 30.7 Å². The van der Waals surface area contributed by atoms with Gasteiger partial charge in [0.15, 0.2) is 11.5 Å². The molecule has 5 nitrogen and oxygen atoms in total. The number of hydrogen-bond acceptors (Lipinski definition) is 4. The molecule has 0 spiro atoms. The van der Waals surface area contributed by atoms with E-state index in [9.17, 15) is 10.1 Å². The first kappa shape index (κ1) is 20.3. The predicted molar refractivity (Wildman–Crippen MR) is 107 cm³/mol. The molecule has 0 saturated heterocycles. The minimum absolute atomic E-state index is 0.0290. The SMILES string of the molecule is CCCOc1ccc(/C=C(\C#N)C(=O)Nc2cc(Cl)ccc2C)cc1OC. The number of rotatable bonds is 7. The van der Waals surface area contributed by atoms with E-state index in [1.165, 1.54) is 6.08 Å². The molecule has 0 aromatic heterocycles. The van der Waals surface area contributed by atoms with Gasteiger partial charge in [0.2, 0.25) is 0 Å². The van der Waals surface area contributed by atoms with Crippen molar-refractivity contribution in [2.45, 2.75) is 20.3 Å². The Morgan fingerprint density at radius 2 is 2.04 bits per heavy atom. The van der Waals surface area contributed by atoms with E-state index in [4.69, 9.17) is 21.1 Å². The summed E-state index contributed by atoms with van der Waals surface area (Å²) in [4.78, 5) is 12.5. The van der Waals surface area contributed by atoms with Crippen molar-refractivity contribution in [1.29, 1.82) is 5.26 Å². The second-order valence-electron chi connectivity index (χ2n) is 5.84. The molecule has 0 aliphatic carbocycles. The zero-order valence-electron chi connectivity index (χ0n) is 15.5. The number of carbonyl (C=O) groups excluding carboxylic acids is 1. The molecule has 2 rings (SSSR count). The highest BCUT2D eigenvalue weighted by Crippen LogP contribution is 2.29. The molecule has 2 aromatic rings. The van der Waals surface area contributed by atoms with Crippen molar-refractivity contribution in [1.82, 2.24) is 0 Å². The standard InChI is InChI=1S/C21H21ClN2O3/c1-4-9-27-19-8-6-15(11-20(19)26-3)10-16(13-23)21(25)24-18-12-17(22)7-5-14(18)2/h5-8,10-12H,4,9H2,1-3H3,(H,24,25)/b16-10+. The molecule has 140 valence electrons. The summed E-state index contributed by atoms with van der Waals surface area (Å²) in [5, 5.41) is 12.6. The van der Waals surface area contributed by atoms with Gasteiger partial charge in [-0.25, -0.2) is 0 Å². The topological polar surface area (TPSA) is 71.3 Å². The van der Waals surface area contributed by atoms with Crippen LogP contribution in [-0.2, 0) is 4.79 Å². The number of nitriles is 1. The summed E-state index contributed by atoms with van der Waals surface area (Å²) in [6, 6.07) is 12.4. The highest BCUT2D eigenvalue weighted by molar-refractivity contribution is 6.31. The largest absolute Gasteiger partial charge is 0.493 e. The smallest absolute Gasteiger partial charge is 0.266 e. The second kappa shape index (κ2) is 9.65. The van der Waals surface area contributed by atoms with Crippen LogP contribution in [0.4, 0.5) is 5.69 Å². The van der Waals surface area contributed by atoms with Crippen molar-refractivity contribution < 1.29 is 14.3 Å². The van der Waals surface area contributed by atoms with Gasteiger partial charge in [0.25, 0.3) is 5.91 Å². The van der Waals surface area contributed by atoms with E-state index in [2.05, 4.69) is 5.32 Å². The van der Waals surface area contributed by atoms with E-state index in [-0.39, 0.29) is 5.57 Å². The molecule has 0 aliphatic rings. The zero-order valence-corrected chi connectivity index (χ0v) is 16.3. The Morgan fingerprint density at radius 1 is 1.26 bits per heavy atom. The zero-order chi connectivity index (χ0) is 19.8. The molecule has 1 N–H and O–H groups in total. The molecule has 0 bridgehead atoms. The quantitative estimate of drug-likeness (QED) is 0.539. The van der Waals surface area contributed by atoms with Gasteiger partial charge in [0, 0.05) is 10.7 Å². The third-order valence-corrected chi connectivity index (χ3v) is 4.01. The number of nitrogens with zero attached hydrogens (tertiary/aromatic N) is 1. The average Bonchev–Trinajstić information content (AvgIpc) is 2.67. The summed E-state index contributed by atoms with van der Waals surface area (Å²) >= 11 is 5.97. The van der Waals surface area contributed by atoms with Crippen LogP contribution in [0.5, 0.6) is 11.5 Å². The maximum atomic E-state index is 12.5. The first-order valence-corrected chi connectivity index (χ1v) is 8.86. The predicted octanol–water partition coefficient (Wildman–Crippen LogP) is 4.99. The lowest BCUT2D eigenvalue weighted by molar-refractivity contribution is -0.112. The molecular formula is C21H21ClN2O3. The molecule has 0 atom stereocenters. The van der Waals surface area contributed by atoms with Crippen LogP contribution in [0.25, 0.3) is 6.08 Å². The van der Waals surface area contributed by atoms with Crippen LogP contribution in [0, 0.1) is 18.3 Å². The Bertz CT molecular complexity index is 901. The van der Waals surface area contributed by atoms with Gasteiger partial charge >= 0.3 is 0 Å². The highest BCUT2D eigenvalue weighted by atomic mass is 35.5. The van der Waals surface area contributed by atoms with Crippen LogP contribution in [0.2, 0.25) is 5.02 Å². The summed E-state index contributed by atoms with van der Waals surface area (Å²) in [6.07, 6.45) is 2.38. The molecule has 1 amide bonds. The van der Waals surface area contributed by atoms with E-state index in [1.54, 1.807) is 43.5 Å². The van der Waals surface area contributed by atoms with Gasteiger partial charge < -0.3 is 14.8 Å². The van der Waals surface area contributed by atoms with Gasteiger partial charge in [-0.15, -0.1) is 0 Å². The molecule has 27 heavy (non-hydrogen) atoms. The fourth-order valence-corrected chi connectivity index (χ4v) is 2.51. The summed E-state index contributed by atoms with van der Waals surface area (Å²) in [5.74, 6) is 0.655. The molecule has 2 aromatic carbocycles. The minimum Gasteiger partial charge on any atom is -0.493 e. The van der Waals surface area contributed by atoms with Crippen LogP contribution in [0.1, 0.15) is 24.5 Å². The minimum atomic E-state index is -0.506. The van der Waals surface area contributed by atoms with E-state index in [0.717, 1.165) is 12.0 Å².